The van der Waals surface area contributed by atoms with E-state index in [0.717, 1.165) is 16.7 Å². The lowest BCUT2D eigenvalue weighted by atomic mass is 9.82. The number of amides is 3. The number of anilines is 3. The molecule has 62 heavy (non-hydrogen) atoms. The molecule has 4 N–H and O–H groups in total. The number of hydrogen-bond acceptors (Lipinski definition) is 11. The van der Waals surface area contributed by atoms with E-state index in [1.54, 1.807) is 14.7 Å². The number of fused-ring (bicyclic) bond motifs is 4. The Morgan fingerprint density at radius 1 is 0.952 bits per heavy atom. The molecule has 4 aliphatic heterocycles. The number of esters is 1. The number of methoxy groups -OCH3 is 1. The summed E-state index contributed by atoms with van der Waals surface area (Å²) < 4.78 is 17.8. The fourth-order valence-corrected chi connectivity index (χ4v) is 12.9. The molecule has 334 valence electrons. The molecule has 1 spiro atoms. The zero-order valence-electron chi connectivity index (χ0n) is 36.6. The Balaban J connectivity index is 1.29. The summed E-state index contributed by atoms with van der Waals surface area (Å²) >= 11 is 0. The second kappa shape index (κ2) is 19.0. The maximum absolute atomic E-state index is 15.3. The van der Waals surface area contributed by atoms with Crippen LogP contribution in [0.3, 0.4) is 0 Å². The van der Waals surface area contributed by atoms with Crippen LogP contribution in [0.2, 0.25) is 18.6 Å². The normalized spacial score (nSPS) is 24.3. The number of ether oxygens (including phenoxy) is 3. The molecule has 0 bridgehead atoms. The van der Waals surface area contributed by atoms with E-state index in [-0.39, 0.29) is 56.3 Å². The van der Waals surface area contributed by atoms with Crippen molar-refractivity contribution < 1.29 is 48.4 Å². The fourth-order valence-electron chi connectivity index (χ4n) is 10.3. The summed E-state index contributed by atoms with van der Waals surface area (Å²) in [5.41, 5.74) is 3.24. The van der Waals surface area contributed by atoms with Crippen LogP contribution in [-0.2, 0) is 53.6 Å². The molecule has 15 heteroatoms. The van der Waals surface area contributed by atoms with Gasteiger partial charge in [0.25, 0.3) is 5.91 Å². The molecule has 0 aliphatic carbocycles. The SMILES string of the molecule is CCOc1ccc2c(c1)CC(NCCCCO)C(=O)N2c1ccc2c(c1)[C@]1(O[C@@H](CC(=O)N3Cc4ccccc4C[C@H]3CO)[C@H]([Si](C)(C)O)[C@H]1C)C(=O)N2CCCCC(=O)OC. The van der Waals surface area contributed by atoms with Crippen molar-refractivity contribution in [3.8, 4) is 5.75 Å². The number of carbonyl (C=O) groups excluding carboxylic acids is 4. The number of aliphatic hydroxyl groups excluding tert-OH is 2. The van der Waals surface area contributed by atoms with E-state index >= 15 is 4.79 Å². The van der Waals surface area contributed by atoms with Gasteiger partial charge < -0.3 is 44.3 Å². The zero-order valence-corrected chi connectivity index (χ0v) is 37.6. The molecule has 0 saturated carbocycles. The second-order valence-electron chi connectivity index (χ2n) is 17.6. The molecule has 4 heterocycles. The van der Waals surface area contributed by atoms with Gasteiger partial charge in [-0.15, -0.1) is 0 Å². The van der Waals surface area contributed by atoms with E-state index in [1.165, 1.54) is 7.11 Å². The summed E-state index contributed by atoms with van der Waals surface area (Å²) in [6.45, 7) is 8.96. The molecule has 0 aromatic heterocycles. The average molecular weight is 871 g/mol. The summed E-state index contributed by atoms with van der Waals surface area (Å²) in [6, 6.07) is 18.1. The minimum absolute atomic E-state index is 0.0626. The van der Waals surface area contributed by atoms with Gasteiger partial charge in [0.1, 0.15) is 5.75 Å². The molecule has 1 fully saturated rings. The molecule has 1 saturated heterocycles. The van der Waals surface area contributed by atoms with E-state index in [2.05, 4.69) is 5.32 Å². The topological polar surface area (TPSA) is 178 Å². The van der Waals surface area contributed by atoms with E-state index < -0.39 is 43.6 Å². The van der Waals surface area contributed by atoms with Crippen molar-refractivity contribution in [1.82, 2.24) is 10.2 Å². The maximum Gasteiger partial charge on any atom is 0.305 e. The summed E-state index contributed by atoms with van der Waals surface area (Å²) in [4.78, 5) is 73.5. The molecule has 0 radical (unpaired) electrons. The van der Waals surface area contributed by atoms with Crippen molar-refractivity contribution in [1.29, 1.82) is 0 Å². The monoisotopic (exact) mass is 870 g/mol. The lowest BCUT2D eigenvalue weighted by Crippen LogP contribution is -2.49. The van der Waals surface area contributed by atoms with Gasteiger partial charge in [-0.05, 0) is 118 Å². The Morgan fingerprint density at radius 3 is 2.42 bits per heavy atom. The van der Waals surface area contributed by atoms with Gasteiger partial charge in [0, 0.05) is 48.8 Å². The smallest absolute Gasteiger partial charge is 0.305 e. The van der Waals surface area contributed by atoms with Gasteiger partial charge in [0.15, 0.2) is 13.9 Å². The van der Waals surface area contributed by atoms with Crippen molar-refractivity contribution in [3.63, 3.8) is 0 Å². The maximum atomic E-state index is 15.3. The van der Waals surface area contributed by atoms with Crippen LogP contribution in [0.5, 0.6) is 5.75 Å². The van der Waals surface area contributed by atoms with Crippen molar-refractivity contribution in [2.75, 3.05) is 49.8 Å². The predicted octanol–water partition coefficient (Wildman–Crippen LogP) is 4.86. The van der Waals surface area contributed by atoms with E-state index in [1.807, 2.05) is 87.6 Å². The van der Waals surface area contributed by atoms with Crippen molar-refractivity contribution in [2.45, 2.75) is 114 Å². The quantitative estimate of drug-likeness (QED) is 0.0828. The summed E-state index contributed by atoms with van der Waals surface area (Å²) in [5.74, 6) is -0.938. The summed E-state index contributed by atoms with van der Waals surface area (Å²) in [5, 5.41) is 23.2. The minimum Gasteiger partial charge on any atom is -0.494 e. The average Bonchev–Trinajstić information content (AvgIpc) is 3.68. The van der Waals surface area contributed by atoms with Crippen molar-refractivity contribution >= 4 is 49.1 Å². The van der Waals surface area contributed by atoms with Crippen LogP contribution in [0.1, 0.15) is 74.6 Å². The first-order valence-corrected chi connectivity index (χ1v) is 25.1. The standard InChI is InChI=1S/C47H62N4O10Si/c1-6-60-36-17-19-39-33(24-36)25-38(48-20-10-12-22-52)45(56)51(39)34-16-18-40-37(26-34)47(46(57)49(40)21-11-9-15-43(55)59-3)30(2)44(62(4,5)58)41(61-47)27-42(54)50-28-32-14-8-7-13-31(32)23-35(50)29-53/h7-8,13-14,16-19,24,26,30,35,38,41,44,48,52-53,58H,6,9-12,15,20-23,25,27-29H2,1-5H3/t30-,35+,38?,41+,44-,47+/m1/s1. The van der Waals surface area contributed by atoms with E-state index in [4.69, 9.17) is 14.2 Å². The highest BCUT2D eigenvalue weighted by Gasteiger charge is 2.66. The van der Waals surface area contributed by atoms with Gasteiger partial charge in [-0.1, -0.05) is 31.2 Å². The minimum atomic E-state index is -3.18. The van der Waals surface area contributed by atoms with E-state index in [0.29, 0.717) is 86.6 Å². The predicted molar refractivity (Wildman–Crippen MR) is 237 cm³/mol. The van der Waals surface area contributed by atoms with Crippen molar-refractivity contribution in [2.24, 2.45) is 5.92 Å². The third kappa shape index (κ3) is 8.67. The third-order valence-corrected chi connectivity index (χ3v) is 15.8. The van der Waals surface area contributed by atoms with Gasteiger partial charge in [-0.2, -0.15) is 0 Å². The largest absolute Gasteiger partial charge is 0.494 e. The highest BCUT2D eigenvalue weighted by molar-refractivity contribution is 6.71. The van der Waals surface area contributed by atoms with Gasteiger partial charge in [0.05, 0.1) is 56.3 Å². The number of nitrogens with zero attached hydrogens (tertiary/aromatic N) is 3. The fraction of sp³-hybridized carbons (Fsp3) is 0.532. The first-order valence-electron chi connectivity index (χ1n) is 22.1. The molecular formula is C47H62N4O10Si. The van der Waals surface area contributed by atoms with Gasteiger partial charge in [-0.3, -0.25) is 24.1 Å². The molecule has 3 aromatic carbocycles. The molecular weight excluding hydrogens is 809 g/mol. The number of benzene rings is 3. The zero-order chi connectivity index (χ0) is 44.3. The highest BCUT2D eigenvalue weighted by atomic mass is 28.4. The number of hydrogen-bond donors (Lipinski definition) is 4. The molecule has 3 amide bonds. The van der Waals surface area contributed by atoms with Gasteiger partial charge >= 0.3 is 5.97 Å². The molecule has 3 aromatic rings. The lowest BCUT2D eigenvalue weighted by Gasteiger charge is -2.37. The third-order valence-electron chi connectivity index (χ3n) is 13.2. The molecule has 1 unspecified atom stereocenters. The Bertz CT molecular complexity index is 2150. The summed E-state index contributed by atoms with van der Waals surface area (Å²) in [7, 11) is -1.83. The highest BCUT2D eigenvalue weighted by Crippen LogP contribution is 2.60. The Hall–Kier alpha value is -4.64. The van der Waals surface area contributed by atoms with Crippen molar-refractivity contribution in [3.05, 3.63) is 82.9 Å². The Kier molecular flexibility index (Phi) is 13.9. The lowest BCUT2D eigenvalue weighted by molar-refractivity contribution is -0.151. The number of unbranched alkanes of at least 4 members (excludes halogenated alkanes) is 2. The number of carbonyl (C=O) groups is 4. The van der Waals surface area contributed by atoms with Crippen LogP contribution in [0.4, 0.5) is 17.1 Å². The van der Waals surface area contributed by atoms with Crippen LogP contribution in [0.25, 0.3) is 0 Å². The van der Waals surface area contributed by atoms with Crippen LogP contribution in [0, 0.1) is 5.92 Å². The first-order chi connectivity index (χ1) is 29.8. The molecule has 4 aliphatic rings. The van der Waals surface area contributed by atoms with Gasteiger partial charge in [-0.25, -0.2) is 0 Å². The first kappa shape index (κ1) is 45.4. The molecule has 7 rings (SSSR count). The van der Waals surface area contributed by atoms with E-state index in [9.17, 15) is 29.4 Å². The van der Waals surface area contributed by atoms with Crippen LogP contribution >= 0.6 is 0 Å². The second-order valence-corrected chi connectivity index (χ2v) is 21.6. The van der Waals surface area contributed by atoms with Crippen LogP contribution in [0.15, 0.2) is 60.7 Å². The van der Waals surface area contributed by atoms with Crippen LogP contribution in [-0.4, -0.2) is 110 Å². The Morgan fingerprint density at radius 2 is 1.71 bits per heavy atom. The molecule has 14 nitrogen and oxygen atoms in total. The number of rotatable bonds is 17. The molecule has 6 atom stereocenters. The number of aliphatic hydroxyl groups is 2. The summed E-state index contributed by atoms with van der Waals surface area (Å²) in [6.07, 6.45) is 2.51. The van der Waals surface area contributed by atoms with Gasteiger partial charge in [0.2, 0.25) is 11.8 Å². The number of nitrogens with one attached hydrogen (secondary N) is 1. The Labute approximate surface area is 365 Å². The van der Waals surface area contributed by atoms with Crippen LogP contribution < -0.4 is 19.9 Å².